The lowest BCUT2D eigenvalue weighted by molar-refractivity contribution is 0.595. The number of sulfone groups is 1. The molecule has 0 fully saturated rings. The van der Waals surface area contributed by atoms with E-state index in [4.69, 9.17) is 17.3 Å². The number of hydrogen-bond donors (Lipinski definition) is 2. The Bertz CT molecular complexity index is 1090. The Hall–Kier alpha value is -2.64. The number of benzene rings is 2. The van der Waals surface area contributed by atoms with Gasteiger partial charge in [-0.05, 0) is 30.5 Å². The number of aryl methyl sites for hydroxylation is 1. The molecule has 3 N–H and O–H groups in total. The van der Waals surface area contributed by atoms with E-state index in [0.29, 0.717) is 23.0 Å². The Morgan fingerprint density at radius 2 is 1.79 bits per heavy atom. The number of aromatic nitrogens is 2. The van der Waals surface area contributed by atoms with Crippen molar-refractivity contribution in [2.24, 2.45) is 0 Å². The number of anilines is 2. The molecule has 0 aliphatic carbocycles. The quantitative estimate of drug-likeness (QED) is 0.564. The van der Waals surface area contributed by atoms with Gasteiger partial charge in [0, 0.05) is 23.2 Å². The van der Waals surface area contributed by atoms with Crippen LogP contribution in [0.3, 0.4) is 0 Å². The van der Waals surface area contributed by atoms with Crippen LogP contribution in [0.1, 0.15) is 11.1 Å². The molecule has 0 atom stereocenters. The van der Waals surface area contributed by atoms with Gasteiger partial charge in [-0.3, -0.25) is 0 Å². The van der Waals surface area contributed by atoms with Crippen LogP contribution in [-0.2, 0) is 16.3 Å². The van der Waals surface area contributed by atoms with E-state index in [9.17, 15) is 8.42 Å². The molecule has 3 aromatic rings. The molecule has 0 radical (unpaired) electrons. The fourth-order valence-electron chi connectivity index (χ4n) is 2.93. The maximum absolute atomic E-state index is 12.3. The average Bonchev–Trinajstić information content (AvgIpc) is 2.69. The molecule has 1 heterocycles. The van der Waals surface area contributed by atoms with Crippen LogP contribution >= 0.6 is 11.6 Å². The lowest BCUT2D eigenvalue weighted by atomic mass is 10.1. The van der Waals surface area contributed by atoms with E-state index in [1.165, 1.54) is 0 Å². The molecular formula is C21H23ClN4O2S. The molecule has 0 spiro atoms. The Labute approximate surface area is 176 Å². The fraction of sp³-hybridized carbons (Fsp3) is 0.238. The highest BCUT2D eigenvalue weighted by atomic mass is 35.5. The molecule has 0 aliphatic heterocycles. The zero-order chi connectivity index (χ0) is 20.9. The summed E-state index contributed by atoms with van der Waals surface area (Å²) in [4.78, 5) is 8.43. The molecular weight excluding hydrogens is 408 g/mol. The second kappa shape index (κ2) is 9.24. The first-order valence-electron chi connectivity index (χ1n) is 9.22. The van der Waals surface area contributed by atoms with Crippen molar-refractivity contribution >= 4 is 33.2 Å². The second-order valence-electron chi connectivity index (χ2n) is 6.72. The van der Waals surface area contributed by atoms with Crippen LogP contribution in [0.2, 0.25) is 5.02 Å². The number of nitrogen functional groups attached to an aromatic ring is 1. The van der Waals surface area contributed by atoms with Gasteiger partial charge in [-0.15, -0.1) is 0 Å². The Balaban J connectivity index is 1.63. The highest BCUT2D eigenvalue weighted by molar-refractivity contribution is 7.91. The SMILES string of the molecule is Cc1c(Cl)cccc1-c1cc(NCCS(=O)(=O)CCc2ccccc2)nc(N)n1. The lowest BCUT2D eigenvalue weighted by Crippen LogP contribution is -2.20. The van der Waals surface area contributed by atoms with Gasteiger partial charge >= 0.3 is 0 Å². The zero-order valence-electron chi connectivity index (χ0n) is 16.1. The van der Waals surface area contributed by atoms with E-state index >= 15 is 0 Å². The van der Waals surface area contributed by atoms with E-state index in [0.717, 1.165) is 16.7 Å². The van der Waals surface area contributed by atoms with Gasteiger partial charge in [-0.2, -0.15) is 4.98 Å². The van der Waals surface area contributed by atoms with E-state index in [1.807, 2.05) is 55.5 Å². The fourth-order valence-corrected chi connectivity index (χ4v) is 4.27. The summed E-state index contributed by atoms with van der Waals surface area (Å²) in [6, 6.07) is 16.9. The third-order valence-corrected chi connectivity index (χ3v) is 6.61. The van der Waals surface area contributed by atoms with E-state index < -0.39 is 9.84 Å². The minimum Gasteiger partial charge on any atom is -0.369 e. The van der Waals surface area contributed by atoms with Crippen LogP contribution in [0, 0.1) is 6.92 Å². The van der Waals surface area contributed by atoms with Gasteiger partial charge < -0.3 is 11.1 Å². The van der Waals surface area contributed by atoms with Crippen LogP contribution in [-0.4, -0.2) is 36.4 Å². The normalized spacial score (nSPS) is 11.4. The first-order valence-corrected chi connectivity index (χ1v) is 11.4. The van der Waals surface area contributed by atoms with Gasteiger partial charge in [0.15, 0.2) is 9.84 Å². The predicted octanol–water partition coefficient (Wildman–Crippen LogP) is 3.76. The van der Waals surface area contributed by atoms with Crippen molar-refractivity contribution in [2.75, 3.05) is 29.1 Å². The molecule has 0 saturated carbocycles. The summed E-state index contributed by atoms with van der Waals surface area (Å²) in [5.74, 6) is 0.703. The van der Waals surface area contributed by atoms with Gasteiger partial charge in [0.1, 0.15) is 5.82 Å². The Morgan fingerprint density at radius 1 is 1.03 bits per heavy atom. The van der Waals surface area contributed by atoms with E-state index in [2.05, 4.69) is 15.3 Å². The summed E-state index contributed by atoms with van der Waals surface area (Å²) in [5, 5.41) is 3.68. The Morgan fingerprint density at radius 3 is 2.55 bits per heavy atom. The standard InChI is InChI=1S/C21H23ClN4O2S/c1-15-17(8-5-9-18(15)22)19-14-20(26-21(23)25-19)24-11-13-29(27,28)12-10-16-6-3-2-4-7-16/h2-9,14H,10-13H2,1H3,(H3,23,24,25,26). The van der Waals surface area contributed by atoms with Gasteiger partial charge in [-0.1, -0.05) is 54.1 Å². The molecule has 0 aliphatic rings. The summed E-state index contributed by atoms with van der Waals surface area (Å²) in [6.07, 6.45) is 0.502. The van der Waals surface area contributed by atoms with Crippen molar-refractivity contribution in [3.8, 4) is 11.3 Å². The van der Waals surface area contributed by atoms with Crippen molar-refractivity contribution in [1.29, 1.82) is 0 Å². The zero-order valence-corrected chi connectivity index (χ0v) is 17.7. The van der Waals surface area contributed by atoms with Crippen LogP contribution in [0.15, 0.2) is 54.6 Å². The third kappa shape index (κ3) is 5.92. The van der Waals surface area contributed by atoms with Crippen molar-refractivity contribution < 1.29 is 8.42 Å². The van der Waals surface area contributed by atoms with Gasteiger partial charge in [0.25, 0.3) is 0 Å². The summed E-state index contributed by atoms with van der Waals surface area (Å²) >= 11 is 6.19. The van der Waals surface area contributed by atoms with Crippen LogP contribution in [0.5, 0.6) is 0 Å². The number of rotatable bonds is 8. The molecule has 2 aromatic carbocycles. The molecule has 6 nitrogen and oxygen atoms in total. The highest BCUT2D eigenvalue weighted by Crippen LogP contribution is 2.28. The summed E-state index contributed by atoms with van der Waals surface area (Å²) in [6.45, 7) is 2.14. The largest absolute Gasteiger partial charge is 0.369 e. The van der Waals surface area contributed by atoms with Crippen molar-refractivity contribution in [1.82, 2.24) is 9.97 Å². The van der Waals surface area contributed by atoms with Crippen molar-refractivity contribution in [2.45, 2.75) is 13.3 Å². The molecule has 152 valence electrons. The summed E-state index contributed by atoms with van der Waals surface area (Å²) in [7, 11) is -3.19. The number of nitrogens with two attached hydrogens (primary N) is 1. The van der Waals surface area contributed by atoms with E-state index in [1.54, 1.807) is 6.07 Å². The number of nitrogens with one attached hydrogen (secondary N) is 1. The number of nitrogens with zero attached hydrogens (tertiary/aromatic N) is 2. The summed E-state index contributed by atoms with van der Waals surface area (Å²) in [5.41, 5.74) is 9.22. The highest BCUT2D eigenvalue weighted by Gasteiger charge is 2.13. The Kier molecular flexibility index (Phi) is 6.71. The molecule has 0 saturated heterocycles. The van der Waals surface area contributed by atoms with Gasteiger partial charge in [0.05, 0.1) is 17.2 Å². The molecule has 0 bridgehead atoms. The molecule has 0 amide bonds. The maximum Gasteiger partial charge on any atom is 0.222 e. The smallest absolute Gasteiger partial charge is 0.222 e. The monoisotopic (exact) mass is 430 g/mol. The molecule has 3 rings (SSSR count). The lowest BCUT2D eigenvalue weighted by Gasteiger charge is -2.11. The van der Waals surface area contributed by atoms with Crippen molar-refractivity contribution in [3.05, 3.63) is 70.7 Å². The average molecular weight is 431 g/mol. The number of halogens is 1. The molecule has 0 unspecified atom stereocenters. The van der Waals surface area contributed by atoms with Crippen LogP contribution in [0.4, 0.5) is 11.8 Å². The molecule has 1 aromatic heterocycles. The predicted molar refractivity (Wildman–Crippen MR) is 119 cm³/mol. The molecule has 29 heavy (non-hydrogen) atoms. The molecule has 8 heteroatoms. The van der Waals surface area contributed by atoms with Crippen molar-refractivity contribution in [3.63, 3.8) is 0 Å². The summed E-state index contributed by atoms with van der Waals surface area (Å²) < 4.78 is 24.6. The first kappa shape index (κ1) is 21.1. The van der Waals surface area contributed by atoms with Gasteiger partial charge in [-0.25, -0.2) is 13.4 Å². The minimum atomic E-state index is -3.19. The third-order valence-electron chi connectivity index (χ3n) is 4.55. The minimum absolute atomic E-state index is 0.00919. The topological polar surface area (TPSA) is 98.0 Å². The number of hydrogen-bond acceptors (Lipinski definition) is 6. The van der Waals surface area contributed by atoms with Crippen LogP contribution in [0.25, 0.3) is 11.3 Å². The van der Waals surface area contributed by atoms with Gasteiger partial charge in [0.2, 0.25) is 5.95 Å². The van der Waals surface area contributed by atoms with E-state index in [-0.39, 0.29) is 24.0 Å². The van der Waals surface area contributed by atoms with Crippen LogP contribution < -0.4 is 11.1 Å². The maximum atomic E-state index is 12.3. The second-order valence-corrected chi connectivity index (χ2v) is 9.43. The first-order chi connectivity index (χ1) is 13.8.